The number of nitrogens with two attached hydrogens (primary N) is 2. The monoisotopic (exact) mass is 462 g/mol. The van der Waals surface area contributed by atoms with Crippen molar-refractivity contribution in [3.05, 3.63) is 29.0 Å². The predicted octanol–water partition coefficient (Wildman–Crippen LogP) is 2.13. The van der Waals surface area contributed by atoms with E-state index < -0.39 is 0 Å². The standard InChI is InChI=1S/C21H31ClN8O2/c1-13(31)26-14-7-9-29(10-14)18-17(23)19(28-20(27-18)32-12-21(2,3)4)30(24)11-16-15(22)6-5-8-25-16/h5-6,8,14H,7,9-12,23-24H2,1-4H3,(H,26,31)/t14-/m0/s1. The van der Waals surface area contributed by atoms with Crippen LogP contribution in [0.1, 0.15) is 39.8 Å². The van der Waals surface area contributed by atoms with E-state index in [0.717, 1.165) is 6.42 Å². The van der Waals surface area contributed by atoms with Crippen molar-refractivity contribution in [1.82, 2.24) is 20.3 Å². The average molecular weight is 463 g/mol. The fraction of sp³-hybridized carbons (Fsp3) is 0.524. The third kappa shape index (κ3) is 6.10. The van der Waals surface area contributed by atoms with Crippen molar-refractivity contribution in [3.8, 4) is 6.01 Å². The van der Waals surface area contributed by atoms with Crippen LogP contribution in [-0.2, 0) is 11.3 Å². The van der Waals surface area contributed by atoms with E-state index >= 15 is 0 Å². The largest absolute Gasteiger partial charge is 0.463 e. The van der Waals surface area contributed by atoms with Crippen molar-refractivity contribution in [1.29, 1.82) is 0 Å². The van der Waals surface area contributed by atoms with Crippen molar-refractivity contribution >= 4 is 34.8 Å². The van der Waals surface area contributed by atoms with E-state index in [9.17, 15) is 4.79 Å². The Morgan fingerprint density at radius 1 is 1.41 bits per heavy atom. The summed E-state index contributed by atoms with van der Waals surface area (Å²) in [4.78, 5) is 26.8. The molecule has 0 saturated carbocycles. The summed E-state index contributed by atoms with van der Waals surface area (Å²) in [6.45, 7) is 9.56. The number of ether oxygens (including phenoxy) is 1. The van der Waals surface area contributed by atoms with Crippen LogP contribution in [0.5, 0.6) is 6.01 Å². The molecule has 1 fully saturated rings. The number of pyridine rings is 1. The number of hydrogen-bond donors (Lipinski definition) is 3. The van der Waals surface area contributed by atoms with E-state index in [1.54, 1.807) is 18.3 Å². The number of nitrogen functional groups attached to an aromatic ring is 1. The van der Waals surface area contributed by atoms with Gasteiger partial charge in [-0.25, -0.2) is 5.84 Å². The summed E-state index contributed by atoms with van der Waals surface area (Å²) < 4.78 is 5.88. The zero-order valence-corrected chi connectivity index (χ0v) is 19.7. The maximum Gasteiger partial charge on any atom is 0.320 e. The lowest BCUT2D eigenvalue weighted by Gasteiger charge is -2.26. The first kappa shape index (κ1) is 23.8. The van der Waals surface area contributed by atoms with Crippen LogP contribution in [0.4, 0.5) is 17.3 Å². The van der Waals surface area contributed by atoms with E-state index in [-0.39, 0.29) is 29.9 Å². The van der Waals surface area contributed by atoms with Gasteiger partial charge in [0.15, 0.2) is 11.6 Å². The highest BCUT2D eigenvalue weighted by Gasteiger charge is 2.29. The number of hydrazine groups is 1. The second-order valence-corrected chi connectivity index (χ2v) is 9.52. The molecule has 0 unspecified atom stereocenters. The highest BCUT2D eigenvalue weighted by Crippen LogP contribution is 2.34. The van der Waals surface area contributed by atoms with Crippen LogP contribution in [0.3, 0.4) is 0 Å². The number of nitrogens with zero attached hydrogens (tertiary/aromatic N) is 5. The van der Waals surface area contributed by atoms with Crippen molar-refractivity contribution in [2.24, 2.45) is 11.3 Å². The molecule has 1 aliphatic rings. The Labute approximate surface area is 193 Å². The molecule has 174 valence electrons. The Bertz CT molecular complexity index is 965. The van der Waals surface area contributed by atoms with Gasteiger partial charge in [0.25, 0.3) is 0 Å². The van der Waals surface area contributed by atoms with E-state index in [4.69, 9.17) is 27.9 Å². The van der Waals surface area contributed by atoms with E-state index in [1.807, 2.05) is 4.90 Å². The minimum absolute atomic E-state index is 0.0190. The maximum atomic E-state index is 11.4. The molecule has 0 aromatic carbocycles. The van der Waals surface area contributed by atoms with Gasteiger partial charge in [0.1, 0.15) is 5.69 Å². The lowest BCUT2D eigenvalue weighted by atomic mass is 9.99. The Morgan fingerprint density at radius 2 is 2.16 bits per heavy atom. The summed E-state index contributed by atoms with van der Waals surface area (Å²) in [6, 6.07) is 3.70. The number of amides is 1. The number of nitrogens with one attached hydrogen (secondary N) is 1. The molecule has 1 aliphatic heterocycles. The van der Waals surface area contributed by atoms with Gasteiger partial charge in [-0.3, -0.25) is 14.8 Å². The van der Waals surface area contributed by atoms with Crippen LogP contribution in [0.15, 0.2) is 18.3 Å². The van der Waals surface area contributed by atoms with Crippen LogP contribution in [0.25, 0.3) is 0 Å². The highest BCUT2D eigenvalue weighted by atomic mass is 35.5. The van der Waals surface area contributed by atoms with E-state index in [1.165, 1.54) is 11.9 Å². The highest BCUT2D eigenvalue weighted by molar-refractivity contribution is 6.31. The molecule has 10 nitrogen and oxygen atoms in total. The number of halogens is 1. The summed E-state index contributed by atoms with van der Waals surface area (Å²) in [6.07, 6.45) is 2.43. The smallest absolute Gasteiger partial charge is 0.320 e. The van der Waals surface area contributed by atoms with Gasteiger partial charge in [-0.2, -0.15) is 9.97 Å². The van der Waals surface area contributed by atoms with Crippen molar-refractivity contribution in [2.45, 2.75) is 46.7 Å². The van der Waals surface area contributed by atoms with Gasteiger partial charge in [0.2, 0.25) is 5.91 Å². The molecule has 1 amide bonds. The minimum atomic E-state index is -0.0842. The predicted molar refractivity (Wildman–Crippen MR) is 125 cm³/mol. The lowest BCUT2D eigenvalue weighted by Crippen LogP contribution is -2.36. The Kier molecular flexibility index (Phi) is 7.25. The zero-order valence-electron chi connectivity index (χ0n) is 18.9. The number of hydrogen-bond acceptors (Lipinski definition) is 9. The number of aromatic nitrogens is 3. The molecule has 3 rings (SSSR count). The van der Waals surface area contributed by atoms with Crippen LogP contribution >= 0.6 is 11.6 Å². The quantitative estimate of drug-likeness (QED) is 0.417. The Balaban J connectivity index is 1.92. The molecule has 2 aromatic heterocycles. The SMILES string of the molecule is CC(=O)N[C@H]1CCN(c2nc(OCC(C)(C)C)nc(N(N)Cc3ncccc3Cl)c2N)C1. The molecule has 0 spiro atoms. The maximum absolute atomic E-state index is 11.4. The zero-order chi connectivity index (χ0) is 23.5. The van der Waals surface area contributed by atoms with E-state index in [2.05, 4.69) is 41.0 Å². The average Bonchev–Trinajstić information content (AvgIpc) is 3.15. The molecule has 1 atom stereocenters. The molecule has 2 aromatic rings. The second-order valence-electron chi connectivity index (χ2n) is 9.11. The third-order valence-corrected chi connectivity index (χ3v) is 5.19. The molecule has 3 heterocycles. The number of carbonyl (C=O) groups is 1. The number of anilines is 3. The van der Waals surface area contributed by atoms with Gasteiger partial charge < -0.3 is 20.7 Å². The summed E-state index contributed by atoms with van der Waals surface area (Å²) in [5.41, 5.74) is 7.31. The van der Waals surface area contributed by atoms with Crippen LogP contribution in [0, 0.1) is 5.41 Å². The first-order valence-corrected chi connectivity index (χ1v) is 10.9. The molecule has 0 bridgehead atoms. The van der Waals surface area contributed by atoms with Crippen LogP contribution < -0.4 is 31.5 Å². The van der Waals surface area contributed by atoms with Crippen LogP contribution in [0.2, 0.25) is 5.02 Å². The summed E-state index contributed by atoms with van der Waals surface area (Å²) >= 11 is 6.24. The Hall–Kier alpha value is -2.85. The molecule has 0 aliphatic carbocycles. The van der Waals surface area contributed by atoms with Gasteiger partial charge in [-0.15, -0.1) is 0 Å². The first-order valence-electron chi connectivity index (χ1n) is 10.5. The Morgan fingerprint density at radius 3 is 2.81 bits per heavy atom. The van der Waals surface area contributed by atoms with Gasteiger partial charge in [-0.05, 0) is 24.0 Å². The summed E-state index contributed by atoms with van der Waals surface area (Å²) in [5.74, 6) is 7.12. The third-order valence-electron chi connectivity index (χ3n) is 4.84. The van der Waals surface area contributed by atoms with E-state index in [0.29, 0.717) is 47.7 Å². The number of carbonyl (C=O) groups excluding carboxylic acids is 1. The summed E-state index contributed by atoms with van der Waals surface area (Å²) in [7, 11) is 0. The molecular formula is C21H31ClN8O2. The fourth-order valence-electron chi connectivity index (χ4n) is 3.36. The van der Waals surface area contributed by atoms with Crippen molar-refractivity contribution in [3.63, 3.8) is 0 Å². The van der Waals surface area contributed by atoms with Gasteiger partial charge >= 0.3 is 6.01 Å². The molecule has 11 heteroatoms. The lowest BCUT2D eigenvalue weighted by molar-refractivity contribution is -0.119. The van der Waals surface area contributed by atoms with Crippen LogP contribution in [-0.4, -0.2) is 46.6 Å². The molecule has 5 N–H and O–H groups in total. The topological polar surface area (TPSA) is 136 Å². The molecule has 0 radical (unpaired) electrons. The fourth-order valence-corrected chi connectivity index (χ4v) is 3.54. The van der Waals surface area contributed by atoms with Gasteiger partial charge in [-0.1, -0.05) is 32.4 Å². The first-order chi connectivity index (χ1) is 15.0. The number of rotatable bonds is 7. The molecule has 1 saturated heterocycles. The molecular weight excluding hydrogens is 432 g/mol. The minimum Gasteiger partial charge on any atom is -0.463 e. The summed E-state index contributed by atoms with van der Waals surface area (Å²) in [5, 5.41) is 4.83. The second kappa shape index (κ2) is 9.74. The van der Waals surface area contributed by atoms with Crippen molar-refractivity contribution in [2.75, 3.05) is 35.3 Å². The van der Waals surface area contributed by atoms with Crippen molar-refractivity contribution < 1.29 is 9.53 Å². The van der Waals surface area contributed by atoms with Gasteiger partial charge in [0.05, 0.1) is 23.9 Å². The molecule has 32 heavy (non-hydrogen) atoms. The van der Waals surface area contributed by atoms with Gasteiger partial charge in [0, 0.05) is 32.3 Å². The normalized spacial score (nSPS) is 16.2.